The Morgan fingerprint density at radius 2 is 1.73 bits per heavy atom. The summed E-state index contributed by atoms with van der Waals surface area (Å²) in [6.07, 6.45) is 2.24. The molecule has 0 fully saturated rings. The van der Waals surface area contributed by atoms with Gasteiger partial charge in [-0.3, -0.25) is 9.59 Å². The first-order valence-corrected chi connectivity index (χ1v) is 14.1. The molecule has 0 aliphatic heterocycles. The van der Waals surface area contributed by atoms with Crippen molar-refractivity contribution in [3.63, 3.8) is 0 Å². The second-order valence-electron chi connectivity index (χ2n) is 9.05. The maximum absolute atomic E-state index is 14.2. The van der Waals surface area contributed by atoms with Gasteiger partial charge in [0.1, 0.15) is 11.9 Å². The fourth-order valence-corrected chi connectivity index (χ4v) is 5.19. The van der Waals surface area contributed by atoms with Gasteiger partial charge in [-0.25, -0.2) is 4.39 Å². The molecular formula is C30H34ClFN2O2S. The van der Waals surface area contributed by atoms with E-state index in [-0.39, 0.29) is 29.1 Å². The number of unbranched alkanes of at least 4 members (excludes halogenated alkanes) is 1. The first-order chi connectivity index (χ1) is 17.9. The van der Waals surface area contributed by atoms with Gasteiger partial charge >= 0.3 is 0 Å². The highest BCUT2D eigenvalue weighted by atomic mass is 35.5. The first kappa shape index (κ1) is 28.7. The Labute approximate surface area is 228 Å². The van der Waals surface area contributed by atoms with E-state index in [0.717, 1.165) is 29.5 Å². The van der Waals surface area contributed by atoms with Gasteiger partial charge in [0.2, 0.25) is 11.8 Å². The lowest BCUT2D eigenvalue weighted by molar-refractivity contribution is -0.139. The number of aryl methyl sites for hydroxylation is 1. The molecule has 4 nitrogen and oxygen atoms in total. The Morgan fingerprint density at radius 1 is 1.00 bits per heavy atom. The average Bonchev–Trinajstić information content (AvgIpc) is 2.89. The molecule has 3 aromatic rings. The number of hydrogen-bond donors (Lipinski definition) is 1. The van der Waals surface area contributed by atoms with Crippen molar-refractivity contribution in [2.45, 2.75) is 51.4 Å². The summed E-state index contributed by atoms with van der Waals surface area (Å²) in [7, 11) is 0. The fraction of sp³-hybridized carbons (Fsp3) is 0.333. The van der Waals surface area contributed by atoms with Gasteiger partial charge < -0.3 is 10.2 Å². The summed E-state index contributed by atoms with van der Waals surface area (Å²) < 4.78 is 14.2. The Hall–Kier alpha value is -2.83. The van der Waals surface area contributed by atoms with Crippen molar-refractivity contribution in [2.75, 3.05) is 12.3 Å². The van der Waals surface area contributed by atoms with Crippen molar-refractivity contribution in [1.82, 2.24) is 10.2 Å². The van der Waals surface area contributed by atoms with Crippen LogP contribution in [-0.4, -0.2) is 35.1 Å². The zero-order valence-corrected chi connectivity index (χ0v) is 23.0. The van der Waals surface area contributed by atoms with Crippen LogP contribution < -0.4 is 5.32 Å². The quantitative estimate of drug-likeness (QED) is 0.249. The van der Waals surface area contributed by atoms with Crippen molar-refractivity contribution in [1.29, 1.82) is 0 Å². The summed E-state index contributed by atoms with van der Waals surface area (Å²) in [4.78, 5) is 28.7. The molecular weight excluding hydrogens is 507 g/mol. The Bertz CT molecular complexity index is 1140. The van der Waals surface area contributed by atoms with Gasteiger partial charge in [-0.15, -0.1) is 11.8 Å². The topological polar surface area (TPSA) is 49.4 Å². The number of halogens is 2. The summed E-state index contributed by atoms with van der Waals surface area (Å²) >= 11 is 7.46. The minimum Gasteiger partial charge on any atom is -0.354 e. The van der Waals surface area contributed by atoms with Crippen LogP contribution >= 0.6 is 23.4 Å². The fourth-order valence-electron chi connectivity index (χ4n) is 3.94. The Kier molecular flexibility index (Phi) is 11.5. The number of carbonyl (C=O) groups excluding carboxylic acids is 2. The van der Waals surface area contributed by atoms with Crippen LogP contribution in [0.2, 0.25) is 5.02 Å². The predicted molar refractivity (Wildman–Crippen MR) is 151 cm³/mol. The third-order valence-electron chi connectivity index (χ3n) is 6.11. The van der Waals surface area contributed by atoms with E-state index in [1.54, 1.807) is 17.0 Å². The molecule has 0 aliphatic rings. The minimum atomic E-state index is -0.675. The maximum Gasteiger partial charge on any atom is 0.243 e. The number of thioether (sulfide) groups is 1. The minimum absolute atomic E-state index is 0.101. The van der Waals surface area contributed by atoms with Crippen LogP contribution in [0.3, 0.4) is 0 Å². The smallest absolute Gasteiger partial charge is 0.243 e. The highest BCUT2D eigenvalue weighted by molar-refractivity contribution is 7.99. The van der Waals surface area contributed by atoms with Gasteiger partial charge in [0.25, 0.3) is 0 Å². The molecule has 1 atom stereocenters. The van der Waals surface area contributed by atoms with Crippen LogP contribution in [0.1, 0.15) is 42.0 Å². The average molecular weight is 541 g/mol. The summed E-state index contributed by atoms with van der Waals surface area (Å²) in [5.41, 5.74) is 3.42. The van der Waals surface area contributed by atoms with Gasteiger partial charge in [-0.2, -0.15) is 0 Å². The summed E-state index contributed by atoms with van der Waals surface area (Å²) in [5, 5.41) is 3.37. The predicted octanol–water partition coefficient (Wildman–Crippen LogP) is 6.58. The summed E-state index contributed by atoms with van der Waals surface area (Å²) in [5.74, 6) is -0.364. The molecule has 0 aliphatic carbocycles. The number of amides is 2. The molecule has 1 unspecified atom stereocenters. The Balaban J connectivity index is 1.84. The lowest BCUT2D eigenvalue weighted by Crippen LogP contribution is -2.51. The van der Waals surface area contributed by atoms with Crippen LogP contribution in [0.5, 0.6) is 0 Å². The van der Waals surface area contributed by atoms with E-state index < -0.39 is 6.04 Å². The van der Waals surface area contributed by atoms with Crippen molar-refractivity contribution < 1.29 is 14.0 Å². The molecule has 37 heavy (non-hydrogen) atoms. The second-order valence-corrected chi connectivity index (χ2v) is 10.4. The number of nitrogens with zero attached hydrogens (tertiary/aromatic N) is 1. The van der Waals surface area contributed by atoms with Gasteiger partial charge in [-0.05, 0) is 36.6 Å². The van der Waals surface area contributed by atoms with E-state index in [4.69, 9.17) is 11.6 Å². The van der Waals surface area contributed by atoms with Crippen LogP contribution in [0.25, 0.3) is 0 Å². The summed E-state index contributed by atoms with van der Waals surface area (Å²) in [6.45, 7) is 4.95. The molecule has 0 radical (unpaired) electrons. The van der Waals surface area contributed by atoms with E-state index in [9.17, 15) is 14.0 Å². The molecule has 0 saturated carbocycles. The van der Waals surface area contributed by atoms with Crippen LogP contribution in [0.4, 0.5) is 4.39 Å². The molecule has 3 rings (SSSR count). The van der Waals surface area contributed by atoms with Crippen molar-refractivity contribution in [3.8, 4) is 0 Å². The van der Waals surface area contributed by atoms with E-state index in [2.05, 4.69) is 12.2 Å². The third kappa shape index (κ3) is 8.90. The van der Waals surface area contributed by atoms with Crippen LogP contribution in [0, 0.1) is 12.7 Å². The lowest BCUT2D eigenvalue weighted by Gasteiger charge is -2.31. The zero-order valence-electron chi connectivity index (χ0n) is 21.4. The normalized spacial score (nSPS) is 11.7. The molecule has 0 heterocycles. The molecule has 0 saturated heterocycles. The second kappa shape index (κ2) is 14.8. The number of rotatable bonds is 13. The molecule has 3 aromatic carbocycles. The van der Waals surface area contributed by atoms with Crippen molar-refractivity contribution in [2.24, 2.45) is 0 Å². The molecule has 196 valence electrons. The number of hydrogen-bond acceptors (Lipinski definition) is 3. The number of carbonyl (C=O) groups is 2. The third-order valence-corrected chi connectivity index (χ3v) is 7.41. The van der Waals surface area contributed by atoms with Crippen molar-refractivity contribution >= 4 is 35.2 Å². The number of benzene rings is 3. The van der Waals surface area contributed by atoms with E-state index in [1.807, 2.05) is 61.5 Å². The maximum atomic E-state index is 14.2. The molecule has 1 N–H and O–H groups in total. The standard InChI is InChI=1S/C30H34ClFN2O2S/c1-3-4-17-33-30(36)28(18-23-9-6-5-7-10-23)34(19-24-15-13-22(2)14-16-24)29(35)21-37-20-25-26(31)11-8-12-27(25)32/h5-16,28H,3-4,17-21H2,1-2H3,(H,33,36). The highest BCUT2D eigenvalue weighted by Crippen LogP contribution is 2.25. The van der Waals surface area contributed by atoms with E-state index >= 15 is 0 Å². The molecule has 2 amide bonds. The SMILES string of the molecule is CCCCNC(=O)C(Cc1ccccc1)N(Cc1ccc(C)cc1)C(=O)CSCc1c(F)cccc1Cl. The van der Waals surface area contributed by atoms with E-state index in [0.29, 0.717) is 30.1 Å². The zero-order chi connectivity index (χ0) is 26.6. The molecule has 0 bridgehead atoms. The van der Waals surface area contributed by atoms with Gasteiger partial charge in [0, 0.05) is 35.8 Å². The van der Waals surface area contributed by atoms with Gasteiger partial charge in [-0.1, -0.05) is 91.2 Å². The molecule has 7 heteroatoms. The monoisotopic (exact) mass is 540 g/mol. The van der Waals surface area contributed by atoms with Gasteiger partial charge in [0.05, 0.1) is 5.75 Å². The van der Waals surface area contributed by atoms with Crippen molar-refractivity contribution in [3.05, 3.63) is 106 Å². The van der Waals surface area contributed by atoms with Gasteiger partial charge in [0.15, 0.2) is 0 Å². The summed E-state index contributed by atoms with van der Waals surface area (Å²) in [6, 6.07) is 21.6. The van der Waals surface area contributed by atoms with E-state index in [1.165, 1.54) is 17.8 Å². The van der Waals surface area contributed by atoms with Crippen LogP contribution in [-0.2, 0) is 28.3 Å². The van der Waals surface area contributed by atoms with Crippen LogP contribution in [0.15, 0.2) is 72.8 Å². The highest BCUT2D eigenvalue weighted by Gasteiger charge is 2.30. The molecule has 0 spiro atoms. The number of nitrogens with one attached hydrogen (secondary N) is 1. The Morgan fingerprint density at radius 3 is 2.41 bits per heavy atom. The largest absolute Gasteiger partial charge is 0.354 e. The first-order valence-electron chi connectivity index (χ1n) is 12.6. The lowest BCUT2D eigenvalue weighted by atomic mass is 10.0. The molecule has 0 aromatic heterocycles.